The molecule has 210 valence electrons. The number of carbonyl (C=O) groups is 1. The molecule has 0 fully saturated rings. The number of carbonyl (C=O) groups excluding carboxylic acids is 1. The van der Waals surface area contributed by atoms with Crippen LogP contribution in [0.1, 0.15) is 42.1 Å². The fourth-order valence-corrected chi connectivity index (χ4v) is 5.14. The van der Waals surface area contributed by atoms with E-state index in [4.69, 9.17) is 4.74 Å². The summed E-state index contributed by atoms with van der Waals surface area (Å²) in [6.07, 6.45) is -3.63. The van der Waals surface area contributed by atoms with E-state index in [9.17, 15) is 36.4 Å². The largest absolute Gasteiger partial charge is 0.466 e. The molecule has 3 aromatic rings. The molecule has 0 radical (unpaired) electrons. The summed E-state index contributed by atoms with van der Waals surface area (Å²) in [7, 11) is -2.39. The Morgan fingerprint density at radius 3 is 2.55 bits per heavy atom. The van der Waals surface area contributed by atoms with Crippen molar-refractivity contribution in [3.63, 3.8) is 0 Å². The van der Waals surface area contributed by atoms with Gasteiger partial charge in [0.15, 0.2) is 0 Å². The predicted octanol–water partition coefficient (Wildman–Crippen LogP) is 3.63. The Balaban J connectivity index is 2.03. The minimum atomic E-state index is -4.66. The van der Waals surface area contributed by atoms with Crippen molar-refractivity contribution in [3.8, 4) is 6.07 Å². The van der Waals surface area contributed by atoms with E-state index in [0.29, 0.717) is 11.1 Å². The maximum absolute atomic E-state index is 13.5. The molecule has 0 bridgehead atoms. The van der Waals surface area contributed by atoms with Gasteiger partial charge in [-0.3, -0.25) is 4.90 Å². The molecule has 2 atom stereocenters. The van der Waals surface area contributed by atoms with E-state index in [1.54, 1.807) is 0 Å². The van der Waals surface area contributed by atoms with Crippen LogP contribution in [-0.2, 0) is 32.0 Å². The molecule has 1 aliphatic heterocycles. The Kier molecular flexibility index (Phi) is 7.37. The normalized spacial score (nSPS) is 16.4. The zero-order chi connectivity index (χ0) is 29.6. The van der Waals surface area contributed by atoms with Gasteiger partial charge in [-0.05, 0) is 61.7 Å². The number of nitrogens with zero attached hydrogens (tertiary/aromatic N) is 4. The zero-order valence-electron chi connectivity index (χ0n) is 21.8. The van der Waals surface area contributed by atoms with Crippen LogP contribution in [-0.4, -0.2) is 47.8 Å². The number of H-pyrrole nitrogens is 1. The van der Waals surface area contributed by atoms with Crippen LogP contribution in [0.2, 0.25) is 0 Å². The Labute approximate surface area is 227 Å². The summed E-state index contributed by atoms with van der Waals surface area (Å²) < 4.78 is 71.2. The number of hydrogen-bond donors (Lipinski definition) is 1. The molecular formula is C26H24F3N5O5S. The summed E-state index contributed by atoms with van der Waals surface area (Å²) in [5.74, 6) is -0.976. The molecule has 0 amide bonds. The maximum Gasteiger partial charge on any atom is 0.416 e. The van der Waals surface area contributed by atoms with Crippen molar-refractivity contribution in [2.24, 2.45) is 0 Å². The topological polar surface area (TPSA) is 138 Å². The summed E-state index contributed by atoms with van der Waals surface area (Å²) in [4.78, 5) is 27.6. The lowest BCUT2D eigenvalue weighted by Crippen LogP contribution is -2.38. The molecular weight excluding hydrogens is 551 g/mol. The zero-order valence-corrected chi connectivity index (χ0v) is 22.6. The van der Waals surface area contributed by atoms with Gasteiger partial charge in [0.25, 0.3) is 0 Å². The van der Waals surface area contributed by atoms with Crippen LogP contribution < -0.4 is 10.6 Å². The molecule has 14 heteroatoms. The molecule has 1 N–H and O–H groups in total. The average Bonchev–Trinajstić information content (AvgIpc) is 3.27. The summed E-state index contributed by atoms with van der Waals surface area (Å²) in [5.41, 5.74) is -0.780. The Morgan fingerprint density at radius 2 is 1.95 bits per heavy atom. The average molecular weight is 576 g/mol. The third kappa shape index (κ3) is 5.12. The number of ether oxygens (including phenoxy) is 1. The number of fused-ring (bicyclic) bond motifs is 1. The van der Waals surface area contributed by atoms with Gasteiger partial charge in [0.05, 0.1) is 35.1 Å². The van der Waals surface area contributed by atoms with Crippen molar-refractivity contribution in [1.29, 1.82) is 5.26 Å². The molecule has 1 aromatic heterocycles. The fourth-order valence-electron chi connectivity index (χ4n) is 4.66. The smallest absolute Gasteiger partial charge is 0.416 e. The van der Waals surface area contributed by atoms with Gasteiger partial charge in [-0.2, -0.15) is 18.4 Å². The van der Waals surface area contributed by atoms with Crippen molar-refractivity contribution < 1.29 is 31.1 Å². The lowest BCUT2D eigenvalue weighted by atomic mass is 9.88. The highest BCUT2D eigenvalue weighted by molar-refractivity contribution is 7.91. The molecule has 0 spiro atoms. The summed E-state index contributed by atoms with van der Waals surface area (Å²) in [6.45, 7) is 2.97. The van der Waals surface area contributed by atoms with Gasteiger partial charge in [-0.15, -0.1) is 5.10 Å². The number of aromatic nitrogens is 3. The number of halogens is 3. The number of allylic oxidation sites excluding steroid dienone is 1. The number of nitrogens with one attached hydrogen (secondary N) is 1. The second-order valence-electron chi connectivity index (χ2n) is 9.35. The Bertz CT molecular complexity index is 1730. The van der Waals surface area contributed by atoms with Crippen molar-refractivity contribution in [2.45, 2.75) is 37.7 Å². The van der Waals surface area contributed by atoms with E-state index in [0.717, 1.165) is 30.1 Å². The van der Waals surface area contributed by atoms with Crippen molar-refractivity contribution >= 4 is 27.4 Å². The predicted molar refractivity (Wildman–Crippen MR) is 138 cm³/mol. The number of rotatable bonds is 6. The standard InChI is InChI=1S/C26H24F3N5O5S/c1-14(40(4,37)38)10-17-11-16(13-30)8-9-20(17)22-21(23(35)39-3)15(2)33(24-31-32-25(36)34(22)24)19-7-5-6-18(12-19)26(27,28)29/h5-9,11-12,14,22H,10H2,1-4H3,(H,32,36). The summed E-state index contributed by atoms with van der Waals surface area (Å²) in [5, 5.41) is 14.9. The van der Waals surface area contributed by atoms with Gasteiger partial charge in [-0.1, -0.05) is 12.1 Å². The van der Waals surface area contributed by atoms with Crippen molar-refractivity contribution in [2.75, 3.05) is 18.3 Å². The first-order chi connectivity index (χ1) is 18.7. The van der Waals surface area contributed by atoms with E-state index in [1.807, 2.05) is 6.07 Å². The third-order valence-electron chi connectivity index (χ3n) is 6.78. The van der Waals surface area contributed by atoms with Gasteiger partial charge in [0.2, 0.25) is 5.95 Å². The number of aromatic amines is 1. The minimum absolute atomic E-state index is 0.0156. The fraction of sp³-hybridized carbons (Fsp3) is 0.308. The van der Waals surface area contributed by atoms with Crippen molar-refractivity contribution in [3.05, 3.63) is 86.5 Å². The molecule has 10 nitrogen and oxygen atoms in total. The highest BCUT2D eigenvalue weighted by Gasteiger charge is 2.41. The minimum Gasteiger partial charge on any atom is -0.466 e. The SMILES string of the molecule is COC(=O)C1=C(C)N(c2cccc(C(F)(F)F)c2)c2n[nH]c(=O)n2C1c1ccc(C#N)cc1CC(C)S(C)(=O)=O. The third-order valence-corrected chi connectivity index (χ3v) is 8.41. The van der Waals surface area contributed by atoms with Crippen LogP contribution in [0.4, 0.5) is 24.8 Å². The first-order valence-electron chi connectivity index (χ1n) is 11.8. The second kappa shape index (κ2) is 10.3. The number of hydrogen-bond acceptors (Lipinski definition) is 8. The van der Waals surface area contributed by atoms with Gasteiger partial charge < -0.3 is 4.74 Å². The summed E-state index contributed by atoms with van der Waals surface area (Å²) >= 11 is 0. The molecule has 40 heavy (non-hydrogen) atoms. The number of methoxy groups -OCH3 is 1. The molecule has 4 rings (SSSR count). The molecule has 1 aliphatic rings. The van der Waals surface area contributed by atoms with E-state index >= 15 is 0 Å². The molecule has 0 aliphatic carbocycles. The number of benzene rings is 2. The quantitative estimate of drug-likeness (QED) is 0.440. The van der Waals surface area contributed by atoms with Gasteiger partial charge in [0.1, 0.15) is 15.9 Å². The lowest BCUT2D eigenvalue weighted by molar-refractivity contribution is -0.138. The molecule has 2 unspecified atom stereocenters. The van der Waals surface area contributed by atoms with Crippen LogP contribution in [0.5, 0.6) is 0 Å². The second-order valence-corrected chi connectivity index (χ2v) is 11.8. The molecule has 0 saturated heterocycles. The van der Waals surface area contributed by atoms with E-state index in [-0.39, 0.29) is 34.9 Å². The number of nitriles is 1. The van der Waals surface area contributed by atoms with E-state index < -0.39 is 44.5 Å². The number of esters is 1. The molecule has 0 saturated carbocycles. The van der Waals surface area contributed by atoms with Gasteiger partial charge >= 0.3 is 17.8 Å². The van der Waals surface area contributed by atoms with Crippen molar-refractivity contribution in [1.82, 2.24) is 14.8 Å². The van der Waals surface area contributed by atoms with E-state index in [1.165, 1.54) is 49.1 Å². The van der Waals surface area contributed by atoms with Crippen LogP contribution in [0.15, 0.2) is 58.5 Å². The van der Waals surface area contributed by atoms with Crippen LogP contribution >= 0.6 is 0 Å². The van der Waals surface area contributed by atoms with Crippen LogP contribution in [0.25, 0.3) is 0 Å². The van der Waals surface area contributed by atoms with E-state index in [2.05, 4.69) is 10.2 Å². The van der Waals surface area contributed by atoms with Gasteiger partial charge in [-0.25, -0.2) is 27.7 Å². The lowest BCUT2D eigenvalue weighted by Gasteiger charge is -2.36. The van der Waals surface area contributed by atoms with Crippen LogP contribution in [0, 0.1) is 11.3 Å². The number of anilines is 2. The van der Waals surface area contributed by atoms with Gasteiger partial charge in [0, 0.05) is 17.6 Å². The highest BCUT2D eigenvalue weighted by Crippen LogP contribution is 2.43. The number of sulfone groups is 1. The monoisotopic (exact) mass is 575 g/mol. The highest BCUT2D eigenvalue weighted by atomic mass is 32.2. The maximum atomic E-state index is 13.5. The summed E-state index contributed by atoms with van der Waals surface area (Å²) in [6, 6.07) is 9.55. The first-order valence-corrected chi connectivity index (χ1v) is 13.8. The molecule has 2 aromatic carbocycles. The Morgan fingerprint density at radius 1 is 1.25 bits per heavy atom. The molecule has 2 heterocycles. The Hall–Kier alpha value is -4.38. The first kappa shape index (κ1) is 28.6. The number of alkyl halides is 3. The van der Waals surface area contributed by atoms with Crippen LogP contribution in [0.3, 0.4) is 0 Å².